The number of benzene rings is 2. The first-order valence-electron chi connectivity index (χ1n) is 7.36. The first kappa shape index (κ1) is 14.7. The van der Waals surface area contributed by atoms with E-state index in [4.69, 9.17) is 0 Å². The fourth-order valence-corrected chi connectivity index (χ4v) is 3.32. The van der Waals surface area contributed by atoms with E-state index in [9.17, 15) is 9.18 Å². The van der Waals surface area contributed by atoms with Crippen LogP contribution < -0.4 is 5.56 Å². The molecule has 0 saturated carbocycles. The van der Waals surface area contributed by atoms with E-state index >= 15 is 0 Å². The topological polar surface area (TPSA) is 47.8 Å². The van der Waals surface area contributed by atoms with Crippen LogP contribution in [0.3, 0.4) is 0 Å². The highest BCUT2D eigenvalue weighted by Crippen LogP contribution is 2.24. The van der Waals surface area contributed by atoms with E-state index in [0.717, 1.165) is 21.7 Å². The van der Waals surface area contributed by atoms with E-state index in [2.05, 4.69) is 10.1 Å². The highest BCUT2D eigenvalue weighted by Gasteiger charge is 2.08. The molecule has 0 unspecified atom stereocenters. The van der Waals surface area contributed by atoms with Gasteiger partial charge in [0.2, 0.25) is 0 Å². The Balaban J connectivity index is 1.66. The van der Waals surface area contributed by atoms with Crippen molar-refractivity contribution in [3.8, 4) is 10.6 Å². The van der Waals surface area contributed by atoms with E-state index in [0.29, 0.717) is 11.9 Å². The molecular weight excluding hydrogens is 325 g/mol. The van der Waals surface area contributed by atoms with E-state index in [1.54, 1.807) is 24.4 Å². The van der Waals surface area contributed by atoms with Crippen LogP contribution in [-0.2, 0) is 6.54 Å². The summed E-state index contributed by atoms with van der Waals surface area (Å²) in [7, 11) is 0. The van der Waals surface area contributed by atoms with Gasteiger partial charge < -0.3 is 0 Å². The molecule has 0 aliphatic carbocycles. The summed E-state index contributed by atoms with van der Waals surface area (Å²) in [4.78, 5) is 17.0. The number of nitrogens with zero attached hydrogens (tertiary/aromatic N) is 3. The molecule has 0 fully saturated rings. The summed E-state index contributed by atoms with van der Waals surface area (Å²) in [5, 5.41) is 8.36. The number of rotatable bonds is 3. The number of hydrogen-bond acceptors (Lipinski definition) is 4. The molecule has 0 atom stereocenters. The van der Waals surface area contributed by atoms with Gasteiger partial charge in [-0.1, -0.05) is 18.2 Å². The van der Waals surface area contributed by atoms with Crippen molar-refractivity contribution in [3.63, 3.8) is 0 Å². The van der Waals surface area contributed by atoms with Crippen molar-refractivity contribution < 1.29 is 4.39 Å². The third-order valence-electron chi connectivity index (χ3n) is 3.72. The minimum atomic E-state index is -0.276. The van der Waals surface area contributed by atoms with Crippen LogP contribution in [0.25, 0.3) is 21.3 Å². The molecule has 2 aromatic carbocycles. The summed E-state index contributed by atoms with van der Waals surface area (Å²) in [5.41, 5.74) is 1.47. The van der Waals surface area contributed by atoms with E-state index < -0.39 is 0 Å². The van der Waals surface area contributed by atoms with Crippen molar-refractivity contribution in [2.24, 2.45) is 0 Å². The fraction of sp³-hybridized carbons (Fsp3) is 0.0556. The van der Waals surface area contributed by atoms with Crippen LogP contribution >= 0.6 is 11.3 Å². The molecule has 0 radical (unpaired) electrons. The zero-order valence-corrected chi connectivity index (χ0v) is 13.3. The molecule has 118 valence electrons. The van der Waals surface area contributed by atoms with Gasteiger partial charge >= 0.3 is 0 Å². The maximum Gasteiger partial charge on any atom is 0.274 e. The average Bonchev–Trinajstić information content (AvgIpc) is 3.07. The molecule has 0 aliphatic rings. The van der Waals surface area contributed by atoms with Gasteiger partial charge in [-0.2, -0.15) is 5.10 Å². The Labute approximate surface area is 140 Å². The Kier molecular flexibility index (Phi) is 3.66. The highest BCUT2D eigenvalue weighted by molar-refractivity contribution is 7.13. The van der Waals surface area contributed by atoms with Crippen LogP contribution in [0.4, 0.5) is 4.39 Å². The van der Waals surface area contributed by atoms with Gasteiger partial charge in [0.15, 0.2) is 0 Å². The van der Waals surface area contributed by atoms with Gasteiger partial charge in [-0.05, 0) is 30.3 Å². The van der Waals surface area contributed by atoms with Gasteiger partial charge in [0.25, 0.3) is 5.56 Å². The van der Waals surface area contributed by atoms with E-state index in [1.165, 1.54) is 28.2 Å². The first-order valence-corrected chi connectivity index (χ1v) is 8.24. The molecule has 0 bridgehead atoms. The predicted molar refractivity (Wildman–Crippen MR) is 92.6 cm³/mol. The largest absolute Gasteiger partial charge is 0.274 e. The molecule has 0 spiro atoms. The monoisotopic (exact) mass is 337 g/mol. The zero-order valence-electron chi connectivity index (χ0n) is 12.5. The maximum atomic E-state index is 13.0. The van der Waals surface area contributed by atoms with Gasteiger partial charge in [-0.15, -0.1) is 11.3 Å². The molecule has 0 saturated heterocycles. The molecule has 24 heavy (non-hydrogen) atoms. The minimum absolute atomic E-state index is 0.135. The quantitative estimate of drug-likeness (QED) is 0.573. The summed E-state index contributed by atoms with van der Waals surface area (Å²) < 4.78 is 14.4. The number of hydrogen-bond donors (Lipinski definition) is 0. The van der Waals surface area contributed by atoms with Gasteiger partial charge in [0, 0.05) is 16.3 Å². The van der Waals surface area contributed by atoms with Crippen LogP contribution in [0.2, 0.25) is 0 Å². The summed E-state index contributed by atoms with van der Waals surface area (Å²) in [6, 6.07) is 13.6. The third-order valence-corrected chi connectivity index (χ3v) is 4.66. The zero-order chi connectivity index (χ0) is 16.5. The van der Waals surface area contributed by atoms with Crippen LogP contribution in [0.15, 0.2) is 64.9 Å². The first-order chi connectivity index (χ1) is 11.7. The molecule has 0 aliphatic heterocycles. The van der Waals surface area contributed by atoms with Crippen molar-refractivity contribution in [3.05, 3.63) is 82.0 Å². The van der Waals surface area contributed by atoms with E-state index in [1.807, 2.05) is 23.6 Å². The molecule has 4 rings (SSSR count). The van der Waals surface area contributed by atoms with Crippen molar-refractivity contribution in [2.75, 3.05) is 0 Å². The fourth-order valence-electron chi connectivity index (χ4n) is 2.50. The minimum Gasteiger partial charge on any atom is -0.267 e. The molecule has 4 nitrogen and oxygen atoms in total. The number of thiazole rings is 1. The van der Waals surface area contributed by atoms with Crippen LogP contribution in [-0.4, -0.2) is 14.8 Å². The molecule has 0 amide bonds. The molecule has 4 aromatic rings. The second-order valence-corrected chi connectivity index (χ2v) is 6.20. The lowest BCUT2D eigenvalue weighted by Gasteiger charge is -2.03. The standard InChI is InChI=1S/C18H12FN3OS/c19-14-7-5-12(6-8-14)17-21-15(11-24-17)10-22-18(23)16-4-2-1-3-13(16)9-20-22/h1-9,11H,10H2. The third kappa shape index (κ3) is 2.72. The van der Waals surface area contributed by atoms with Gasteiger partial charge in [0.1, 0.15) is 10.8 Å². The lowest BCUT2D eigenvalue weighted by Crippen LogP contribution is -2.23. The molecular formula is C18H12FN3OS. The normalized spacial score (nSPS) is 11.0. The van der Waals surface area contributed by atoms with Crippen molar-refractivity contribution in [1.82, 2.24) is 14.8 Å². The SMILES string of the molecule is O=c1c2ccccc2cnn1Cc1csc(-c2ccc(F)cc2)n1. The van der Waals surface area contributed by atoms with Gasteiger partial charge in [-0.25, -0.2) is 14.1 Å². The number of halogens is 1. The second kappa shape index (κ2) is 5.98. The van der Waals surface area contributed by atoms with Crippen LogP contribution in [0, 0.1) is 5.82 Å². The van der Waals surface area contributed by atoms with Crippen molar-refractivity contribution >= 4 is 22.1 Å². The Morgan fingerprint density at radius 3 is 2.71 bits per heavy atom. The number of aromatic nitrogens is 3. The van der Waals surface area contributed by atoms with Crippen LogP contribution in [0.1, 0.15) is 5.69 Å². The van der Waals surface area contributed by atoms with E-state index in [-0.39, 0.29) is 11.4 Å². The van der Waals surface area contributed by atoms with Crippen molar-refractivity contribution in [1.29, 1.82) is 0 Å². The average molecular weight is 337 g/mol. The lowest BCUT2D eigenvalue weighted by molar-refractivity contribution is 0.628. The Morgan fingerprint density at radius 1 is 1.08 bits per heavy atom. The highest BCUT2D eigenvalue weighted by atomic mass is 32.1. The number of fused-ring (bicyclic) bond motifs is 1. The molecule has 6 heteroatoms. The smallest absolute Gasteiger partial charge is 0.267 e. The second-order valence-electron chi connectivity index (χ2n) is 5.35. The van der Waals surface area contributed by atoms with Crippen molar-refractivity contribution in [2.45, 2.75) is 6.54 Å². The lowest BCUT2D eigenvalue weighted by atomic mass is 10.2. The molecule has 0 N–H and O–H groups in total. The van der Waals surface area contributed by atoms with Gasteiger partial charge in [-0.3, -0.25) is 4.79 Å². The summed E-state index contributed by atoms with van der Waals surface area (Å²) in [5.74, 6) is -0.276. The predicted octanol–water partition coefficient (Wildman–Crippen LogP) is 3.71. The Morgan fingerprint density at radius 2 is 1.88 bits per heavy atom. The maximum absolute atomic E-state index is 13.0. The van der Waals surface area contributed by atoms with Gasteiger partial charge in [0.05, 0.1) is 23.8 Å². The summed E-state index contributed by atoms with van der Waals surface area (Å²) >= 11 is 1.46. The summed E-state index contributed by atoms with van der Waals surface area (Å²) in [6.07, 6.45) is 1.68. The van der Waals surface area contributed by atoms with Crippen LogP contribution in [0.5, 0.6) is 0 Å². The molecule has 2 aromatic heterocycles. The summed E-state index contributed by atoms with van der Waals surface area (Å²) in [6.45, 7) is 0.307. The molecule has 2 heterocycles. The Bertz CT molecular complexity index is 1070. The Hall–Kier alpha value is -2.86.